The number of esters is 1. The second-order valence-corrected chi connectivity index (χ2v) is 4.97. The lowest BCUT2D eigenvalue weighted by Crippen LogP contribution is -2.14. The molecule has 0 saturated heterocycles. The van der Waals surface area contributed by atoms with Crippen molar-refractivity contribution in [1.29, 1.82) is 0 Å². The molecule has 0 fully saturated rings. The van der Waals surface area contributed by atoms with Crippen LogP contribution < -0.4 is 5.32 Å². The first kappa shape index (κ1) is 13.6. The van der Waals surface area contributed by atoms with Gasteiger partial charge in [0.05, 0.1) is 7.11 Å². The van der Waals surface area contributed by atoms with E-state index < -0.39 is 16.8 Å². The number of methoxy groups -OCH3 is 1. The molecule has 6 nitrogen and oxygen atoms in total. The minimum atomic E-state index is -0.858. The van der Waals surface area contributed by atoms with E-state index in [1.165, 1.54) is 7.11 Å². The van der Waals surface area contributed by atoms with E-state index in [0.717, 1.165) is 0 Å². The highest BCUT2D eigenvalue weighted by Gasteiger charge is 2.11. The molecule has 7 heteroatoms. The molecule has 0 aliphatic carbocycles. The van der Waals surface area contributed by atoms with Crippen LogP contribution in [0.5, 0.6) is 0 Å². The van der Waals surface area contributed by atoms with Crippen LogP contribution in [0, 0.1) is 6.92 Å². The molecular weight excluding hydrogens is 242 g/mol. The van der Waals surface area contributed by atoms with E-state index >= 15 is 0 Å². The third-order valence-corrected chi connectivity index (χ3v) is 2.70. The normalized spacial score (nSPS) is 11.9. The van der Waals surface area contributed by atoms with E-state index in [0.29, 0.717) is 23.8 Å². The molecule has 1 unspecified atom stereocenters. The Morgan fingerprint density at radius 3 is 2.82 bits per heavy atom. The van der Waals surface area contributed by atoms with Gasteiger partial charge in [0.2, 0.25) is 5.82 Å². The van der Waals surface area contributed by atoms with E-state index in [-0.39, 0.29) is 5.82 Å². The summed E-state index contributed by atoms with van der Waals surface area (Å²) in [6.45, 7) is 2.29. The molecule has 0 amide bonds. The Hall–Kier alpha value is -1.50. The van der Waals surface area contributed by atoms with Crippen molar-refractivity contribution in [3.05, 3.63) is 17.6 Å². The first-order valence-corrected chi connectivity index (χ1v) is 6.73. The number of aromatic nitrogens is 2. The maximum absolute atomic E-state index is 11.3. The average Bonchev–Trinajstić information content (AvgIpc) is 2.26. The fourth-order valence-electron chi connectivity index (χ4n) is 1.16. The number of hydrogen-bond acceptors (Lipinski definition) is 6. The molecule has 0 aliphatic rings. The average molecular weight is 257 g/mol. The molecule has 1 rings (SSSR count). The molecule has 1 aromatic rings. The molecule has 0 spiro atoms. The molecule has 0 aromatic carbocycles. The number of anilines is 1. The molecule has 94 valence electrons. The minimum absolute atomic E-state index is 0.0209. The van der Waals surface area contributed by atoms with Gasteiger partial charge in [-0.25, -0.2) is 14.8 Å². The molecule has 0 aliphatic heterocycles. The molecule has 1 atom stereocenters. The zero-order chi connectivity index (χ0) is 12.8. The van der Waals surface area contributed by atoms with Crippen molar-refractivity contribution in [2.24, 2.45) is 0 Å². The third kappa shape index (κ3) is 4.48. The molecule has 17 heavy (non-hydrogen) atoms. The highest BCUT2D eigenvalue weighted by atomic mass is 32.2. The topological polar surface area (TPSA) is 81.2 Å². The second-order valence-electron chi connectivity index (χ2n) is 3.41. The van der Waals surface area contributed by atoms with Crippen molar-refractivity contribution >= 4 is 22.6 Å². The highest BCUT2D eigenvalue weighted by molar-refractivity contribution is 7.84. The van der Waals surface area contributed by atoms with Crippen LogP contribution in [0.25, 0.3) is 0 Å². The van der Waals surface area contributed by atoms with Crippen LogP contribution in [-0.4, -0.2) is 45.8 Å². The number of carbonyl (C=O) groups is 1. The Morgan fingerprint density at radius 1 is 1.53 bits per heavy atom. The van der Waals surface area contributed by atoms with Crippen molar-refractivity contribution < 1.29 is 13.7 Å². The zero-order valence-corrected chi connectivity index (χ0v) is 10.8. The summed E-state index contributed by atoms with van der Waals surface area (Å²) >= 11 is 0. The summed E-state index contributed by atoms with van der Waals surface area (Å²) in [5.74, 6) is 0.503. The number of nitrogens with one attached hydrogen (secondary N) is 1. The van der Waals surface area contributed by atoms with Gasteiger partial charge in [-0.15, -0.1) is 0 Å². The van der Waals surface area contributed by atoms with Crippen molar-refractivity contribution in [2.75, 3.05) is 31.0 Å². The number of rotatable bonds is 5. The van der Waals surface area contributed by atoms with Crippen LogP contribution in [0.4, 0.5) is 5.82 Å². The summed E-state index contributed by atoms with van der Waals surface area (Å²) < 4.78 is 15.4. The molecule has 0 saturated carbocycles. The third-order valence-electron chi connectivity index (χ3n) is 1.92. The van der Waals surface area contributed by atoms with Gasteiger partial charge in [0.25, 0.3) is 0 Å². The lowest BCUT2D eigenvalue weighted by Gasteiger charge is -2.06. The summed E-state index contributed by atoms with van der Waals surface area (Å²) in [5, 5.41) is 2.98. The summed E-state index contributed by atoms with van der Waals surface area (Å²) in [4.78, 5) is 19.2. The zero-order valence-electron chi connectivity index (χ0n) is 10.0. The van der Waals surface area contributed by atoms with E-state index in [2.05, 4.69) is 20.0 Å². The predicted octanol–water partition coefficient (Wildman–Crippen LogP) is 0.362. The number of ether oxygens (including phenoxy) is 1. The second kappa shape index (κ2) is 6.29. The predicted molar refractivity (Wildman–Crippen MR) is 65.5 cm³/mol. The number of aryl methyl sites for hydroxylation is 1. The molecule has 1 heterocycles. The SMILES string of the molecule is COC(=O)c1nc(C)cc(NCCS(C)=O)n1. The molecule has 1 N–H and O–H groups in total. The molecular formula is C10H15N3O3S. The van der Waals surface area contributed by atoms with Crippen molar-refractivity contribution in [2.45, 2.75) is 6.92 Å². The lowest BCUT2D eigenvalue weighted by atomic mass is 10.4. The van der Waals surface area contributed by atoms with E-state index in [1.54, 1.807) is 19.2 Å². The van der Waals surface area contributed by atoms with Gasteiger partial charge in [-0.2, -0.15) is 0 Å². The summed E-state index contributed by atoms with van der Waals surface area (Å²) in [6.07, 6.45) is 1.63. The van der Waals surface area contributed by atoms with Gasteiger partial charge in [-0.05, 0) is 6.92 Å². The van der Waals surface area contributed by atoms with E-state index in [9.17, 15) is 9.00 Å². The van der Waals surface area contributed by atoms with Gasteiger partial charge in [0.1, 0.15) is 5.82 Å². The monoisotopic (exact) mass is 257 g/mol. The fraction of sp³-hybridized carbons (Fsp3) is 0.500. The van der Waals surface area contributed by atoms with Crippen LogP contribution in [0.2, 0.25) is 0 Å². The maximum atomic E-state index is 11.3. The fourth-order valence-corrected chi connectivity index (χ4v) is 1.55. The summed E-state index contributed by atoms with van der Waals surface area (Å²) in [7, 11) is 0.421. The van der Waals surface area contributed by atoms with Crippen LogP contribution in [0.15, 0.2) is 6.07 Å². The molecule has 0 bridgehead atoms. The van der Waals surface area contributed by atoms with Crippen molar-refractivity contribution in [3.8, 4) is 0 Å². The van der Waals surface area contributed by atoms with Crippen LogP contribution in [0.1, 0.15) is 16.3 Å². The lowest BCUT2D eigenvalue weighted by molar-refractivity contribution is 0.0586. The van der Waals surface area contributed by atoms with Gasteiger partial charge < -0.3 is 10.1 Å². The quantitative estimate of drug-likeness (QED) is 0.767. The smallest absolute Gasteiger partial charge is 0.376 e. The van der Waals surface area contributed by atoms with Crippen LogP contribution >= 0.6 is 0 Å². The van der Waals surface area contributed by atoms with Gasteiger partial charge in [0.15, 0.2) is 0 Å². The van der Waals surface area contributed by atoms with Gasteiger partial charge in [-0.3, -0.25) is 4.21 Å². The number of hydrogen-bond donors (Lipinski definition) is 1. The van der Waals surface area contributed by atoms with Crippen molar-refractivity contribution in [1.82, 2.24) is 9.97 Å². The summed E-state index contributed by atoms with van der Waals surface area (Å²) in [5.41, 5.74) is 0.667. The van der Waals surface area contributed by atoms with Gasteiger partial charge in [-0.1, -0.05) is 0 Å². The number of carbonyl (C=O) groups excluding carboxylic acids is 1. The van der Waals surface area contributed by atoms with Crippen LogP contribution in [0.3, 0.4) is 0 Å². The standard InChI is InChI=1S/C10H15N3O3S/c1-7-6-8(11-4-5-17(3)15)13-9(12-7)10(14)16-2/h6H,4-5H2,1-3H3,(H,11,12,13). The largest absolute Gasteiger partial charge is 0.463 e. The Balaban J connectivity index is 2.75. The van der Waals surface area contributed by atoms with Crippen LogP contribution in [-0.2, 0) is 15.5 Å². The van der Waals surface area contributed by atoms with Crippen molar-refractivity contribution in [3.63, 3.8) is 0 Å². The Morgan fingerprint density at radius 2 is 2.24 bits per heavy atom. The highest BCUT2D eigenvalue weighted by Crippen LogP contribution is 2.06. The Bertz CT molecular complexity index is 437. The Labute approximate surface area is 102 Å². The molecule has 0 radical (unpaired) electrons. The van der Waals surface area contributed by atoms with E-state index in [4.69, 9.17) is 0 Å². The van der Waals surface area contributed by atoms with Gasteiger partial charge >= 0.3 is 5.97 Å². The van der Waals surface area contributed by atoms with Gasteiger partial charge in [0, 0.05) is 41.1 Å². The van der Waals surface area contributed by atoms with E-state index in [1.807, 2.05) is 0 Å². The molecule has 1 aromatic heterocycles. The minimum Gasteiger partial charge on any atom is -0.463 e. The maximum Gasteiger partial charge on any atom is 0.376 e. The first-order valence-electron chi connectivity index (χ1n) is 5.01. The first-order chi connectivity index (χ1) is 8.02. The Kier molecular flexibility index (Phi) is 5.02. The summed E-state index contributed by atoms with van der Waals surface area (Å²) in [6, 6.07) is 1.71. The number of nitrogens with zero attached hydrogens (tertiary/aromatic N) is 2.